The predicted octanol–water partition coefficient (Wildman–Crippen LogP) is 2.28. The zero-order valence-electron chi connectivity index (χ0n) is 17.5. The summed E-state index contributed by atoms with van der Waals surface area (Å²) >= 11 is 0. The third-order valence-corrected chi connectivity index (χ3v) is 5.51. The molecule has 32 heavy (non-hydrogen) atoms. The van der Waals surface area contributed by atoms with Crippen molar-refractivity contribution in [2.24, 2.45) is 0 Å². The topological polar surface area (TPSA) is 127 Å². The zero-order chi connectivity index (χ0) is 22.2. The number of hydrogen-bond acceptors (Lipinski definition) is 9. The Labute approximate surface area is 183 Å². The van der Waals surface area contributed by atoms with E-state index in [1.54, 1.807) is 26.4 Å². The second-order valence-electron chi connectivity index (χ2n) is 7.52. The highest BCUT2D eigenvalue weighted by atomic mass is 16.6. The number of rotatable bonds is 5. The van der Waals surface area contributed by atoms with Gasteiger partial charge in [0.1, 0.15) is 35.8 Å². The Morgan fingerprint density at radius 1 is 1.03 bits per heavy atom. The van der Waals surface area contributed by atoms with Crippen LogP contribution in [0.1, 0.15) is 13.2 Å². The Hall–Kier alpha value is -3.60. The summed E-state index contributed by atoms with van der Waals surface area (Å²) < 4.78 is 12.6. The normalized spacial score (nSPS) is 22.9. The zero-order valence-corrected chi connectivity index (χ0v) is 17.5. The number of aliphatic hydroxyl groups excluding tert-OH is 2. The van der Waals surface area contributed by atoms with E-state index in [2.05, 4.69) is 20.3 Å². The molecule has 1 aromatic carbocycles. The average Bonchev–Trinajstić information content (AvgIpc) is 3.33. The Morgan fingerprint density at radius 2 is 1.78 bits per heavy atom. The van der Waals surface area contributed by atoms with E-state index in [9.17, 15) is 10.2 Å². The highest BCUT2D eigenvalue weighted by Crippen LogP contribution is 2.37. The molecule has 1 aliphatic heterocycles. The quantitative estimate of drug-likeness (QED) is 0.433. The molecule has 0 amide bonds. The van der Waals surface area contributed by atoms with E-state index >= 15 is 0 Å². The fraction of sp³-hybridized carbons (Fsp3) is 0.273. The number of benzene rings is 1. The summed E-state index contributed by atoms with van der Waals surface area (Å²) in [6, 6.07) is 11.1. The van der Waals surface area contributed by atoms with Crippen LogP contribution in [-0.2, 0) is 4.74 Å². The molecule has 10 nitrogen and oxygen atoms in total. The van der Waals surface area contributed by atoms with Crippen LogP contribution in [0.4, 0.5) is 11.5 Å². The van der Waals surface area contributed by atoms with Crippen molar-refractivity contribution < 1.29 is 19.7 Å². The van der Waals surface area contributed by atoms with E-state index in [1.165, 1.54) is 11.0 Å². The first-order valence-electron chi connectivity index (χ1n) is 10.1. The maximum Gasteiger partial charge on any atom is 0.181 e. The van der Waals surface area contributed by atoms with Gasteiger partial charge in [-0.3, -0.25) is 4.98 Å². The van der Waals surface area contributed by atoms with Crippen molar-refractivity contribution in [1.82, 2.24) is 24.7 Å². The SMILES string of the molecule is COc1ccc(-c2nn([C@@H]3O[C@H](C)[C@@H](O)[C@H]3O)c3ncnc(Nc4ccncc4)c23)cc1. The molecule has 0 saturated carbocycles. The number of pyridine rings is 1. The molecule has 1 fully saturated rings. The van der Waals surface area contributed by atoms with Gasteiger partial charge in [-0.1, -0.05) is 0 Å². The molecule has 4 aromatic rings. The third kappa shape index (κ3) is 3.44. The monoisotopic (exact) mass is 434 g/mol. The number of ether oxygens (including phenoxy) is 2. The van der Waals surface area contributed by atoms with Crippen molar-refractivity contribution in [2.45, 2.75) is 31.5 Å². The number of fused-ring (bicyclic) bond motifs is 1. The first-order valence-corrected chi connectivity index (χ1v) is 10.1. The van der Waals surface area contributed by atoms with Gasteiger partial charge in [0.2, 0.25) is 0 Å². The minimum atomic E-state index is -1.15. The van der Waals surface area contributed by atoms with Gasteiger partial charge in [0.25, 0.3) is 0 Å². The fourth-order valence-corrected chi connectivity index (χ4v) is 3.80. The Bertz CT molecular complexity index is 1230. The van der Waals surface area contributed by atoms with Crippen LogP contribution in [0.3, 0.4) is 0 Å². The van der Waals surface area contributed by atoms with Gasteiger partial charge >= 0.3 is 0 Å². The fourth-order valence-electron chi connectivity index (χ4n) is 3.80. The summed E-state index contributed by atoms with van der Waals surface area (Å²) in [6.07, 6.45) is 1.17. The largest absolute Gasteiger partial charge is 0.497 e. The molecule has 1 aliphatic rings. The molecule has 164 valence electrons. The number of methoxy groups -OCH3 is 1. The first-order chi connectivity index (χ1) is 15.6. The lowest BCUT2D eigenvalue weighted by Gasteiger charge is -2.15. The van der Waals surface area contributed by atoms with E-state index in [4.69, 9.17) is 14.6 Å². The molecule has 0 unspecified atom stereocenters. The van der Waals surface area contributed by atoms with Gasteiger partial charge in [0, 0.05) is 23.6 Å². The predicted molar refractivity (Wildman–Crippen MR) is 116 cm³/mol. The van der Waals surface area contributed by atoms with Gasteiger partial charge in [0.05, 0.1) is 18.6 Å². The van der Waals surface area contributed by atoms with Crippen LogP contribution in [0.5, 0.6) is 5.75 Å². The Balaban J connectivity index is 1.69. The molecule has 4 atom stereocenters. The second kappa shape index (κ2) is 8.15. The Morgan fingerprint density at radius 3 is 2.44 bits per heavy atom. The lowest BCUT2D eigenvalue weighted by atomic mass is 10.1. The molecule has 10 heteroatoms. The van der Waals surface area contributed by atoms with E-state index < -0.39 is 24.5 Å². The minimum Gasteiger partial charge on any atom is -0.497 e. The van der Waals surface area contributed by atoms with Gasteiger partial charge in [-0.05, 0) is 43.3 Å². The lowest BCUT2D eigenvalue weighted by molar-refractivity contribution is -0.0370. The summed E-state index contributed by atoms with van der Waals surface area (Å²) in [5.41, 5.74) is 2.68. The highest BCUT2D eigenvalue weighted by Gasteiger charge is 2.43. The van der Waals surface area contributed by atoms with Crippen molar-refractivity contribution in [3.05, 3.63) is 55.1 Å². The number of nitrogens with zero attached hydrogens (tertiary/aromatic N) is 5. The Kier molecular flexibility index (Phi) is 5.17. The smallest absolute Gasteiger partial charge is 0.181 e. The molecule has 3 N–H and O–H groups in total. The average molecular weight is 434 g/mol. The highest BCUT2D eigenvalue weighted by molar-refractivity contribution is 6.00. The minimum absolute atomic E-state index is 0.465. The van der Waals surface area contributed by atoms with Crippen LogP contribution in [-0.4, -0.2) is 60.4 Å². The molecule has 0 radical (unpaired) electrons. The molecule has 5 rings (SSSR count). The van der Waals surface area contributed by atoms with E-state index in [-0.39, 0.29) is 0 Å². The van der Waals surface area contributed by atoms with Crippen LogP contribution in [0, 0.1) is 0 Å². The lowest BCUT2D eigenvalue weighted by Crippen LogP contribution is -2.30. The molecule has 0 spiro atoms. The summed E-state index contributed by atoms with van der Waals surface area (Å²) in [4.78, 5) is 12.9. The molecular weight excluding hydrogens is 412 g/mol. The standard InChI is InChI=1S/C22H22N6O4/c1-12-18(29)19(30)22(32-12)28-21-16(17(27-28)13-3-5-15(31-2)6-4-13)20(24-11-25-21)26-14-7-9-23-10-8-14/h3-12,18-19,22,29-30H,1-2H3,(H,23,24,25,26)/t12-,18-,19-,22-/m1/s1. The van der Waals surface area contributed by atoms with Gasteiger partial charge < -0.3 is 25.0 Å². The van der Waals surface area contributed by atoms with Gasteiger partial charge in [-0.15, -0.1) is 0 Å². The number of nitrogens with one attached hydrogen (secondary N) is 1. The summed E-state index contributed by atoms with van der Waals surface area (Å²) in [6.45, 7) is 1.70. The van der Waals surface area contributed by atoms with E-state index in [0.717, 1.165) is 17.0 Å². The maximum absolute atomic E-state index is 10.6. The molecule has 1 saturated heterocycles. The number of aromatic nitrogens is 5. The summed E-state index contributed by atoms with van der Waals surface area (Å²) in [5.74, 6) is 1.26. The molecule has 4 heterocycles. The van der Waals surface area contributed by atoms with Gasteiger partial charge in [-0.25, -0.2) is 14.6 Å². The van der Waals surface area contributed by atoms with Crippen molar-refractivity contribution in [2.75, 3.05) is 12.4 Å². The molecule has 3 aromatic heterocycles. The summed E-state index contributed by atoms with van der Waals surface area (Å²) in [7, 11) is 1.61. The van der Waals surface area contributed by atoms with Crippen LogP contribution in [0.15, 0.2) is 55.1 Å². The molecule has 0 aliphatic carbocycles. The van der Waals surface area contributed by atoms with Gasteiger partial charge in [0.15, 0.2) is 11.9 Å². The van der Waals surface area contributed by atoms with Crippen LogP contribution < -0.4 is 10.1 Å². The second-order valence-corrected chi connectivity index (χ2v) is 7.52. The first kappa shape index (κ1) is 20.3. The van der Waals surface area contributed by atoms with E-state index in [0.29, 0.717) is 22.5 Å². The van der Waals surface area contributed by atoms with Crippen LogP contribution in [0.25, 0.3) is 22.3 Å². The van der Waals surface area contributed by atoms with Gasteiger partial charge in [-0.2, -0.15) is 5.10 Å². The van der Waals surface area contributed by atoms with Crippen molar-refractivity contribution in [3.8, 4) is 17.0 Å². The molecular formula is C22H22N6O4. The number of aliphatic hydroxyl groups is 2. The number of anilines is 2. The van der Waals surface area contributed by atoms with Crippen LogP contribution in [0.2, 0.25) is 0 Å². The van der Waals surface area contributed by atoms with E-state index in [1.807, 2.05) is 36.4 Å². The van der Waals surface area contributed by atoms with Crippen molar-refractivity contribution >= 4 is 22.5 Å². The summed E-state index contributed by atoms with van der Waals surface area (Å²) in [5, 5.41) is 29.5. The number of hydrogen-bond donors (Lipinski definition) is 3. The third-order valence-electron chi connectivity index (χ3n) is 5.51. The van der Waals surface area contributed by atoms with Crippen molar-refractivity contribution in [1.29, 1.82) is 0 Å². The van der Waals surface area contributed by atoms with Crippen LogP contribution >= 0.6 is 0 Å². The maximum atomic E-state index is 10.6. The molecule has 0 bridgehead atoms. The van der Waals surface area contributed by atoms with Crippen molar-refractivity contribution in [3.63, 3.8) is 0 Å².